The lowest BCUT2D eigenvalue weighted by atomic mass is 10.3. The van der Waals surface area contributed by atoms with E-state index in [9.17, 15) is 13.6 Å². The Morgan fingerprint density at radius 3 is 2.67 bits per heavy atom. The molecule has 0 atom stereocenters. The van der Waals surface area contributed by atoms with E-state index < -0.39 is 12.2 Å². The summed E-state index contributed by atoms with van der Waals surface area (Å²) < 4.78 is 28.5. The number of Topliss-reactive ketones (excluding diaryl/α,β-unsaturated/α-hetero) is 1. The molecule has 0 N–H and O–H groups in total. The van der Waals surface area contributed by atoms with E-state index in [1.54, 1.807) is 0 Å². The van der Waals surface area contributed by atoms with Crippen molar-refractivity contribution in [3.8, 4) is 0 Å². The van der Waals surface area contributed by atoms with Crippen molar-refractivity contribution in [3.63, 3.8) is 0 Å². The number of carbonyl (C=O) groups excluding carboxylic acids is 1. The molecular weight excluding hydrogens is 166 g/mol. The van der Waals surface area contributed by atoms with Crippen molar-refractivity contribution in [3.05, 3.63) is 23.7 Å². The van der Waals surface area contributed by atoms with E-state index in [4.69, 9.17) is 4.42 Å². The molecule has 0 aliphatic rings. The van der Waals surface area contributed by atoms with Gasteiger partial charge in [0.05, 0.1) is 0 Å². The van der Waals surface area contributed by atoms with E-state index in [0.717, 1.165) is 0 Å². The van der Waals surface area contributed by atoms with Crippen molar-refractivity contribution >= 4 is 5.78 Å². The molecule has 12 heavy (non-hydrogen) atoms. The lowest BCUT2D eigenvalue weighted by Crippen LogP contribution is -2.08. The molecule has 0 bridgehead atoms. The van der Waals surface area contributed by atoms with Crippen LogP contribution in [0.15, 0.2) is 16.5 Å². The Bertz CT molecular complexity index is 278. The Hall–Kier alpha value is -1.19. The normalized spacial score (nSPS) is 10.7. The number of carbonyl (C=O) groups is 1. The second-order valence-electron chi connectivity index (χ2n) is 2.28. The highest BCUT2D eigenvalue weighted by molar-refractivity contribution is 5.95. The molecule has 0 amide bonds. The van der Waals surface area contributed by atoms with E-state index >= 15 is 0 Å². The van der Waals surface area contributed by atoms with Gasteiger partial charge in [-0.05, 0) is 12.1 Å². The van der Waals surface area contributed by atoms with Crippen molar-refractivity contribution in [2.24, 2.45) is 0 Å². The molecule has 0 aliphatic heterocycles. The standard InChI is InChI=1S/C8H8F2O2/c1-2-5-3-4-6(12-5)7(11)8(9)10/h3-4,8H,2H2,1H3. The third-order valence-electron chi connectivity index (χ3n) is 1.45. The molecule has 0 saturated heterocycles. The maximum atomic E-state index is 11.8. The van der Waals surface area contributed by atoms with E-state index in [1.165, 1.54) is 12.1 Å². The van der Waals surface area contributed by atoms with E-state index in [2.05, 4.69) is 0 Å². The zero-order valence-electron chi connectivity index (χ0n) is 6.51. The van der Waals surface area contributed by atoms with Gasteiger partial charge in [0.1, 0.15) is 5.76 Å². The van der Waals surface area contributed by atoms with Gasteiger partial charge >= 0.3 is 6.43 Å². The van der Waals surface area contributed by atoms with Gasteiger partial charge in [0.25, 0.3) is 5.78 Å². The summed E-state index contributed by atoms with van der Waals surface area (Å²) in [6, 6.07) is 2.79. The lowest BCUT2D eigenvalue weighted by molar-refractivity contribution is 0.0647. The van der Waals surface area contributed by atoms with Crippen molar-refractivity contribution < 1.29 is 18.0 Å². The summed E-state index contributed by atoms with van der Waals surface area (Å²) in [4.78, 5) is 10.6. The zero-order chi connectivity index (χ0) is 9.14. The van der Waals surface area contributed by atoms with Gasteiger partial charge in [-0.2, -0.15) is 0 Å². The smallest absolute Gasteiger partial charge is 0.303 e. The fraction of sp³-hybridized carbons (Fsp3) is 0.375. The van der Waals surface area contributed by atoms with Crippen LogP contribution in [0.2, 0.25) is 0 Å². The van der Waals surface area contributed by atoms with Crippen LogP contribution in [0, 0.1) is 0 Å². The summed E-state index contributed by atoms with van der Waals surface area (Å²) in [6.07, 6.45) is -2.39. The van der Waals surface area contributed by atoms with Crippen molar-refractivity contribution in [2.45, 2.75) is 19.8 Å². The number of hydrogen-bond acceptors (Lipinski definition) is 2. The number of halogens is 2. The Morgan fingerprint density at radius 1 is 1.58 bits per heavy atom. The highest BCUT2D eigenvalue weighted by atomic mass is 19.3. The molecule has 0 unspecified atom stereocenters. The first-order valence-corrected chi connectivity index (χ1v) is 3.56. The summed E-state index contributed by atoms with van der Waals surface area (Å²) in [7, 11) is 0. The minimum Gasteiger partial charge on any atom is -0.458 e. The van der Waals surface area contributed by atoms with Crippen molar-refractivity contribution in [1.82, 2.24) is 0 Å². The molecule has 1 aromatic heterocycles. The maximum absolute atomic E-state index is 11.8. The quantitative estimate of drug-likeness (QED) is 0.658. The highest BCUT2D eigenvalue weighted by Crippen LogP contribution is 2.12. The third-order valence-corrected chi connectivity index (χ3v) is 1.45. The first-order valence-electron chi connectivity index (χ1n) is 3.56. The molecule has 0 aliphatic carbocycles. The molecule has 1 rings (SSSR count). The summed E-state index contributed by atoms with van der Waals surface area (Å²) in [5.41, 5.74) is 0. The second kappa shape index (κ2) is 3.47. The number of rotatable bonds is 3. The molecular formula is C8H8F2O2. The number of alkyl halides is 2. The molecule has 66 valence electrons. The average Bonchev–Trinajstić information content (AvgIpc) is 2.50. The molecule has 1 heterocycles. The SMILES string of the molecule is CCc1ccc(C(=O)C(F)F)o1. The maximum Gasteiger partial charge on any atom is 0.303 e. The molecule has 0 aromatic carbocycles. The topological polar surface area (TPSA) is 30.2 Å². The van der Waals surface area contributed by atoms with Gasteiger partial charge in [-0.15, -0.1) is 0 Å². The largest absolute Gasteiger partial charge is 0.458 e. The number of furan rings is 1. The Balaban J connectivity index is 2.82. The molecule has 0 fully saturated rings. The monoisotopic (exact) mass is 174 g/mol. The fourth-order valence-corrected chi connectivity index (χ4v) is 0.808. The summed E-state index contributed by atoms with van der Waals surface area (Å²) in [5, 5.41) is 0. The predicted octanol–water partition coefficient (Wildman–Crippen LogP) is 2.29. The Morgan fingerprint density at radius 2 is 2.25 bits per heavy atom. The van der Waals surface area contributed by atoms with E-state index in [0.29, 0.717) is 12.2 Å². The lowest BCUT2D eigenvalue weighted by Gasteiger charge is -1.93. The van der Waals surface area contributed by atoms with Gasteiger partial charge in [-0.3, -0.25) is 4.79 Å². The Labute approximate surface area is 68.2 Å². The average molecular weight is 174 g/mol. The molecule has 2 nitrogen and oxygen atoms in total. The van der Waals surface area contributed by atoms with Crippen LogP contribution in [0.1, 0.15) is 23.2 Å². The van der Waals surface area contributed by atoms with Gasteiger partial charge in [0.2, 0.25) is 0 Å². The molecule has 0 spiro atoms. The van der Waals surface area contributed by atoms with Crippen LogP contribution in [-0.4, -0.2) is 12.2 Å². The van der Waals surface area contributed by atoms with Gasteiger partial charge < -0.3 is 4.42 Å². The number of aryl methyl sites for hydroxylation is 1. The fourth-order valence-electron chi connectivity index (χ4n) is 0.808. The summed E-state index contributed by atoms with van der Waals surface area (Å²) in [5.74, 6) is -0.976. The van der Waals surface area contributed by atoms with E-state index in [1.807, 2.05) is 6.92 Å². The molecule has 4 heteroatoms. The predicted molar refractivity (Wildman–Crippen MR) is 38.4 cm³/mol. The molecule has 0 saturated carbocycles. The van der Waals surface area contributed by atoms with Crippen molar-refractivity contribution in [2.75, 3.05) is 0 Å². The van der Waals surface area contributed by atoms with Crippen LogP contribution >= 0.6 is 0 Å². The van der Waals surface area contributed by atoms with Crippen LogP contribution in [0.5, 0.6) is 0 Å². The van der Waals surface area contributed by atoms with Gasteiger partial charge in [-0.1, -0.05) is 6.92 Å². The minimum atomic E-state index is -2.99. The highest BCUT2D eigenvalue weighted by Gasteiger charge is 2.20. The van der Waals surface area contributed by atoms with Crippen LogP contribution < -0.4 is 0 Å². The molecule has 1 aromatic rings. The zero-order valence-corrected chi connectivity index (χ0v) is 6.51. The van der Waals surface area contributed by atoms with Crippen LogP contribution in [0.25, 0.3) is 0 Å². The minimum absolute atomic E-state index is 0.262. The second-order valence-corrected chi connectivity index (χ2v) is 2.28. The van der Waals surface area contributed by atoms with Gasteiger partial charge in [-0.25, -0.2) is 8.78 Å². The van der Waals surface area contributed by atoms with Crippen molar-refractivity contribution in [1.29, 1.82) is 0 Å². The van der Waals surface area contributed by atoms with Crippen LogP contribution in [0.3, 0.4) is 0 Å². The molecule has 0 radical (unpaired) electrons. The number of hydrogen-bond donors (Lipinski definition) is 0. The third kappa shape index (κ3) is 1.69. The van der Waals surface area contributed by atoms with Crippen LogP contribution in [0.4, 0.5) is 8.78 Å². The van der Waals surface area contributed by atoms with Gasteiger partial charge in [0.15, 0.2) is 5.76 Å². The number of ketones is 1. The summed E-state index contributed by atoms with van der Waals surface area (Å²) >= 11 is 0. The van der Waals surface area contributed by atoms with E-state index in [-0.39, 0.29) is 5.76 Å². The first kappa shape index (κ1) is 8.90. The van der Waals surface area contributed by atoms with Gasteiger partial charge in [0, 0.05) is 6.42 Å². The summed E-state index contributed by atoms with van der Waals surface area (Å²) in [6.45, 7) is 1.81. The van der Waals surface area contributed by atoms with Crippen LogP contribution in [-0.2, 0) is 6.42 Å². The Kier molecular flexibility index (Phi) is 2.58. The first-order chi connectivity index (χ1) is 5.65.